The molecule has 0 bridgehead atoms. The molecule has 0 unspecified atom stereocenters. The summed E-state index contributed by atoms with van der Waals surface area (Å²) in [6.45, 7) is 2.54. The Balaban J connectivity index is 2.08. The van der Waals surface area contributed by atoms with Crippen LogP contribution in [0.1, 0.15) is 11.3 Å². The SMILES string of the molecule is Cc1c(N)nnn1Cc1cccc2cccnc12. The molecule has 2 aromatic heterocycles. The number of benzene rings is 1. The number of nitrogens with zero attached hydrogens (tertiary/aromatic N) is 4. The first-order valence-electron chi connectivity index (χ1n) is 5.74. The summed E-state index contributed by atoms with van der Waals surface area (Å²) in [5.74, 6) is 0.475. The largest absolute Gasteiger partial charge is 0.381 e. The van der Waals surface area contributed by atoms with Crippen molar-refractivity contribution >= 4 is 16.7 Å². The van der Waals surface area contributed by atoms with Crippen molar-refractivity contribution in [2.45, 2.75) is 13.5 Å². The van der Waals surface area contributed by atoms with Gasteiger partial charge in [-0.15, -0.1) is 5.10 Å². The lowest BCUT2D eigenvalue weighted by atomic mass is 10.1. The van der Waals surface area contributed by atoms with Gasteiger partial charge in [0.25, 0.3) is 0 Å². The molecule has 0 saturated carbocycles. The zero-order chi connectivity index (χ0) is 12.5. The number of hydrogen-bond acceptors (Lipinski definition) is 4. The first-order valence-corrected chi connectivity index (χ1v) is 5.74. The van der Waals surface area contributed by atoms with Gasteiger partial charge in [-0.3, -0.25) is 4.98 Å². The molecule has 0 aliphatic heterocycles. The molecule has 0 spiro atoms. The monoisotopic (exact) mass is 239 g/mol. The summed E-state index contributed by atoms with van der Waals surface area (Å²) in [6.07, 6.45) is 1.80. The Hall–Kier alpha value is -2.43. The van der Waals surface area contributed by atoms with E-state index < -0.39 is 0 Å². The second-order valence-electron chi connectivity index (χ2n) is 4.21. The number of hydrogen-bond donors (Lipinski definition) is 1. The minimum Gasteiger partial charge on any atom is -0.381 e. The molecule has 0 amide bonds. The van der Waals surface area contributed by atoms with Gasteiger partial charge in [0, 0.05) is 11.6 Å². The summed E-state index contributed by atoms with van der Waals surface area (Å²) in [7, 11) is 0. The number of pyridine rings is 1. The molecule has 0 fully saturated rings. The topological polar surface area (TPSA) is 69.6 Å². The first-order chi connectivity index (χ1) is 8.75. The van der Waals surface area contributed by atoms with Crippen LogP contribution in [0.2, 0.25) is 0 Å². The smallest absolute Gasteiger partial charge is 0.168 e. The minimum absolute atomic E-state index is 0.475. The fourth-order valence-corrected chi connectivity index (χ4v) is 1.98. The van der Waals surface area contributed by atoms with Gasteiger partial charge in [0.1, 0.15) is 0 Å². The lowest BCUT2D eigenvalue weighted by molar-refractivity contribution is 0.635. The van der Waals surface area contributed by atoms with Crippen molar-refractivity contribution in [3.8, 4) is 0 Å². The predicted molar refractivity (Wildman–Crippen MR) is 70.0 cm³/mol. The third kappa shape index (κ3) is 1.69. The van der Waals surface area contributed by atoms with Crippen LogP contribution in [-0.2, 0) is 6.54 Å². The molecule has 0 aliphatic carbocycles. The predicted octanol–water partition coefficient (Wildman–Crippen LogP) is 1.77. The normalized spacial score (nSPS) is 10.9. The van der Waals surface area contributed by atoms with E-state index in [1.807, 2.05) is 37.3 Å². The van der Waals surface area contributed by atoms with E-state index in [0.29, 0.717) is 12.4 Å². The summed E-state index contributed by atoms with van der Waals surface area (Å²) in [6, 6.07) is 10.1. The quantitative estimate of drug-likeness (QED) is 0.739. The summed E-state index contributed by atoms with van der Waals surface area (Å²) >= 11 is 0. The molecule has 0 atom stereocenters. The molecule has 90 valence electrons. The Morgan fingerprint density at radius 2 is 2.06 bits per heavy atom. The van der Waals surface area contributed by atoms with E-state index in [2.05, 4.69) is 15.3 Å². The van der Waals surface area contributed by atoms with Gasteiger partial charge in [-0.2, -0.15) is 0 Å². The van der Waals surface area contributed by atoms with Crippen molar-refractivity contribution in [1.82, 2.24) is 20.0 Å². The van der Waals surface area contributed by atoms with Crippen molar-refractivity contribution in [2.75, 3.05) is 5.73 Å². The average Bonchev–Trinajstić information content (AvgIpc) is 2.71. The third-order valence-corrected chi connectivity index (χ3v) is 3.05. The molecular formula is C13H13N5. The highest BCUT2D eigenvalue weighted by Gasteiger charge is 2.08. The standard InChI is InChI=1S/C13H13N5/c1-9-13(14)16-17-18(9)8-11-5-2-4-10-6-3-7-15-12(10)11/h2-7H,8,14H2,1H3. The second-order valence-corrected chi connectivity index (χ2v) is 4.21. The molecule has 2 heterocycles. The number of nitrogens with two attached hydrogens (primary N) is 1. The maximum atomic E-state index is 5.70. The van der Waals surface area contributed by atoms with Crippen molar-refractivity contribution < 1.29 is 0 Å². The zero-order valence-corrected chi connectivity index (χ0v) is 10.0. The number of rotatable bonds is 2. The lowest BCUT2D eigenvalue weighted by Crippen LogP contribution is -2.05. The van der Waals surface area contributed by atoms with Gasteiger partial charge in [0.15, 0.2) is 5.82 Å². The molecule has 3 rings (SSSR count). The number of aromatic nitrogens is 4. The van der Waals surface area contributed by atoms with Gasteiger partial charge in [-0.25, -0.2) is 4.68 Å². The van der Waals surface area contributed by atoms with Crippen LogP contribution in [0, 0.1) is 6.92 Å². The fraction of sp³-hybridized carbons (Fsp3) is 0.154. The van der Waals surface area contributed by atoms with Crippen LogP contribution < -0.4 is 5.73 Å². The van der Waals surface area contributed by atoms with Crippen molar-refractivity contribution in [3.05, 3.63) is 47.8 Å². The van der Waals surface area contributed by atoms with E-state index in [0.717, 1.165) is 22.2 Å². The Labute approximate surface area is 104 Å². The van der Waals surface area contributed by atoms with Crippen LogP contribution in [0.4, 0.5) is 5.82 Å². The Morgan fingerprint density at radius 1 is 1.22 bits per heavy atom. The minimum atomic E-state index is 0.475. The highest BCUT2D eigenvalue weighted by atomic mass is 15.4. The van der Waals surface area contributed by atoms with Gasteiger partial charge in [-0.05, 0) is 18.6 Å². The first kappa shape index (κ1) is 10.7. The molecule has 0 saturated heterocycles. The summed E-state index contributed by atoms with van der Waals surface area (Å²) in [4.78, 5) is 4.42. The summed E-state index contributed by atoms with van der Waals surface area (Å²) in [5, 5.41) is 9.02. The molecule has 5 nitrogen and oxygen atoms in total. The maximum Gasteiger partial charge on any atom is 0.168 e. The van der Waals surface area contributed by atoms with E-state index in [-0.39, 0.29) is 0 Å². The average molecular weight is 239 g/mol. The number of fused-ring (bicyclic) bond motifs is 1. The van der Waals surface area contributed by atoms with Crippen LogP contribution >= 0.6 is 0 Å². The van der Waals surface area contributed by atoms with Crippen molar-refractivity contribution in [1.29, 1.82) is 0 Å². The molecule has 18 heavy (non-hydrogen) atoms. The highest BCUT2D eigenvalue weighted by molar-refractivity contribution is 5.81. The van der Waals surface area contributed by atoms with Gasteiger partial charge < -0.3 is 5.73 Å². The molecule has 2 N–H and O–H groups in total. The van der Waals surface area contributed by atoms with Gasteiger partial charge >= 0.3 is 0 Å². The highest BCUT2D eigenvalue weighted by Crippen LogP contribution is 2.17. The molecule has 0 aliphatic rings. The van der Waals surface area contributed by atoms with Gasteiger partial charge in [0.05, 0.1) is 17.8 Å². The van der Waals surface area contributed by atoms with E-state index in [1.54, 1.807) is 10.9 Å². The van der Waals surface area contributed by atoms with Crippen LogP contribution in [0.15, 0.2) is 36.5 Å². The molecule has 0 radical (unpaired) electrons. The zero-order valence-electron chi connectivity index (χ0n) is 10.0. The van der Waals surface area contributed by atoms with Gasteiger partial charge in [0.2, 0.25) is 0 Å². The Morgan fingerprint density at radius 3 is 2.83 bits per heavy atom. The van der Waals surface area contributed by atoms with Crippen LogP contribution in [-0.4, -0.2) is 20.0 Å². The number of para-hydroxylation sites is 1. The van der Waals surface area contributed by atoms with Crippen LogP contribution in [0.25, 0.3) is 10.9 Å². The van der Waals surface area contributed by atoms with Gasteiger partial charge in [-0.1, -0.05) is 29.5 Å². The van der Waals surface area contributed by atoms with Crippen LogP contribution in [0.5, 0.6) is 0 Å². The molecular weight excluding hydrogens is 226 g/mol. The van der Waals surface area contributed by atoms with E-state index in [4.69, 9.17) is 5.73 Å². The molecule has 5 heteroatoms. The number of anilines is 1. The Kier molecular flexibility index (Phi) is 2.44. The van der Waals surface area contributed by atoms with Crippen molar-refractivity contribution in [2.24, 2.45) is 0 Å². The molecule has 1 aromatic carbocycles. The molecule has 3 aromatic rings. The summed E-state index contributed by atoms with van der Waals surface area (Å²) < 4.78 is 1.79. The maximum absolute atomic E-state index is 5.70. The van der Waals surface area contributed by atoms with Crippen molar-refractivity contribution in [3.63, 3.8) is 0 Å². The lowest BCUT2D eigenvalue weighted by Gasteiger charge is -2.06. The number of nitrogen functional groups attached to an aromatic ring is 1. The van der Waals surface area contributed by atoms with Crippen LogP contribution in [0.3, 0.4) is 0 Å². The fourth-order valence-electron chi connectivity index (χ4n) is 1.98. The van der Waals surface area contributed by atoms with E-state index in [1.165, 1.54) is 0 Å². The van der Waals surface area contributed by atoms with E-state index >= 15 is 0 Å². The second kappa shape index (κ2) is 4.10. The summed E-state index contributed by atoms with van der Waals surface area (Å²) in [5.41, 5.74) is 8.68. The van der Waals surface area contributed by atoms with E-state index in [9.17, 15) is 0 Å². The third-order valence-electron chi connectivity index (χ3n) is 3.05. The Bertz CT molecular complexity index is 696.